The van der Waals surface area contributed by atoms with Gasteiger partial charge in [0.2, 0.25) is 15.9 Å². The topological polar surface area (TPSA) is 84.9 Å². The molecule has 1 amide bonds. The Labute approximate surface area is 207 Å². The van der Waals surface area contributed by atoms with Crippen molar-refractivity contribution in [2.75, 3.05) is 26.1 Å². The van der Waals surface area contributed by atoms with Crippen LogP contribution in [0.4, 0.5) is 10.1 Å². The van der Waals surface area contributed by atoms with Gasteiger partial charge in [-0.05, 0) is 42.0 Å². The molecule has 7 nitrogen and oxygen atoms in total. The highest BCUT2D eigenvalue weighted by Gasteiger charge is 2.27. The van der Waals surface area contributed by atoms with Crippen molar-refractivity contribution in [1.29, 1.82) is 0 Å². The normalized spacial score (nSPS) is 11.4. The Morgan fingerprint density at radius 3 is 2.18 bits per heavy atom. The Bertz CT molecular complexity index is 1270. The van der Waals surface area contributed by atoms with E-state index in [1.165, 1.54) is 74.9 Å². The van der Waals surface area contributed by atoms with E-state index >= 15 is 0 Å². The molecule has 0 aliphatic heterocycles. The molecule has 0 bridgehead atoms. The van der Waals surface area contributed by atoms with Gasteiger partial charge in [0.15, 0.2) is 0 Å². The second kappa shape index (κ2) is 11.1. The zero-order valence-corrected chi connectivity index (χ0v) is 20.5. The zero-order chi connectivity index (χ0) is 24.9. The summed E-state index contributed by atoms with van der Waals surface area (Å²) >= 11 is 12.0. The van der Waals surface area contributed by atoms with Crippen LogP contribution in [0.25, 0.3) is 0 Å². The van der Waals surface area contributed by atoms with Gasteiger partial charge < -0.3 is 14.8 Å². The van der Waals surface area contributed by atoms with Crippen LogP contribution < -0.4 is 14.8 Å². The summed E-state index contributed by atoms with van der Waals surface area (Å²) in [4.78, 5) is 12.9. The number of rotatable bonds is 9. The molecule has 3 aromatic rings. The van der Waals surface area contributed by atoms with Crippen molar-refractivity contribution in [2.24, 2.45) is 0 Å². The first-order valence-corrected chi connectivity index (χ1v) is 12.0. The lowest BCUT2D eigenvalue weighted by molar-refractivity contribution is -0.116. The first kappa shape index (κ1) is 25.8. The van der Waals surface area contributed by atoms with Crippen LogP contribution in [0.2, 0.25) is 10.0 Å². The van der Waals surface area contributed by atoms with E-state index in [1.54, 1.807) is 0 Å². The third-order valence-electron chi connectivity index (χ3n) is 4.79. The summed E-state index contributed by atoms with van der Waals surface area (Å²) in [5.41, 5.74) is 0.747. The maximum atomic E-state index is 13.3. The predicted molar refractivity (Wildman–Crippen MR) is 129 cm³/mol. The number of anilines is 1. The van der Waals surface area contributed by atoms with Crippen LogP contribution in [0.3, 0.4) is 0 Å². The average Bonchev–Trinajstić information content (AvgIpc) is 2.81. The molecule has 0 aliphatic carbocycles. The van der Waals surface area contributed by atoms with Crippen molar-refractivity contribution < 1.29 is 27.1 Å². The van der Waals surface area contributed by atoms with Crippen molar-refractivity contribution in [1.82, 2.24) is 4.31 Å². The second-order valence-corrected chi connectivity index (χ2v) is 9.87. The molecule has 0 saturated heterocycles. The van der Waals surface area contributed by atoms with Crippen LogP contribution in [0.5, 0.6) is 11.5 Å². The lowest BCUT2D eigenvalue weighted by Crippen LogP contribution is -2.37. The number of hydrogen-bond acceptors (Lipinski definition) is 5. The van der Waals surface area contributed by atoms with E-state index in [1.807, 2.05) is 0 Å². The van der Waals surface area contributed by atoms with Gasteiger partial charge >= 0.3 is 0 Å². The highest BCUT2D eigenvalue weighted by atomic mass is 35.5. The van der Waals surface area contributed by atoms with Crippen molar-refractivity contribution in [3.05, 3.63) is 82.1 Å². The maximum Gasteiger partial charge on any atom is 0.243 e. The van der Waals surface area contributed by atoms with E-state index in [-0.39, 0.29) is 27.9 Å². The van der Waals surface area contributed by atoms with Crippen LogP contribution in [0.1, 0.15) is 5.56 Å². The molecule has 180 valence electrons. The Balaban J connectivity index is 1.91. The molecule has 11 heteroatoms. The largest absolute Gasteiger partial charge is 0.495 e. The van der Waals surface area contributed by atoms with Crippen molar-refractivity contribution >= 4 is 44.8 Å². The summed E-state index contributed by atoms with van der Waals surface area (Å²) in [6, 6.07) is 13.8. The summed E-state index contributed by atoms with van der Waals surface area (Å²) in [6.07, 6.45) is 0. The predicted octanol–water partition coefficient (Wildman–Crippen LogP) is 4.98. The molecule has 34 heavy (non-hydrogen) atoms. The van der Waals surface area contributed by atoms with E-state index in [0.29, 0.717) is 16.3 Å². The van der Waals surface area contributed by atoms with Crippen LogP contribution in [-0.4, -0.2) is 39.4 Å². The minimum atomic E-state index is -4.11. The van der Waals surface area contributed by atoms with E-state index in [2.05, 4.69) is 5.32 Å². The molecule has 0 heterocycles. The van der Waals surface area contributed by atoms with E-state index < -0.39 is 28.3 Å². The van der Waals surface area contributed by atoms with E-state index in [9.17, 15) is 17.6 Å². The first-order valence-electron chi connectivity index (χ1n) is 9.85. The molecule has 0 radical (unpaired) electrons. The second-order valence-electron chi connectivity index (χ2n) is 7.09. The standard InChI is InChI=1S/C23H21Cl2FN2O5S/c1-32-21-12-20(22(33-2)11-19(21)25)27-23(29)14-28(13-15-3-7-17(26)8-4-15)34(30,31)18-9-5-16(24)6-10-18/h3-12H,13-14H2,1-2H3,(H,27,29). The number of carbonyl (C=O) groups is 1. The Hall–Kier alpha value is -2.85. The summed E-state index contributed by atoms with van der Waals surface area (Å²) in [6.45, 7) is -0.698. The number of nitrogens with one attached hydrogen (secondary N) is 1. The lowest BCUT2D eigenvalue weighted by Gasteiger charge is -2.22. The Kier molecular flexibility index (Phi) is 8.37. The highest BCUT2D eigenvalue weighted by molar-refractivity contribution is 7.89. The number of nitrogens with zero attached hydrogens (tertiary/aromatic N) is 1. The van der Waals surface area contributed by atoms with Crippen molar-refractivity contribution in [3.63, 3.8) is 0 Å². The number of sulfonamides is 1. The molecule has 0 aliphatic rings. The average molecular weight is 527 g/mol. The van der Waals surface area contributed by atoms with Gasteiger partial charge in [-0.1, -0.05) is 35.3 Å². The summed E-state index contributed by atoms with van der Waals surface area (Å²) in [5, 5.41) is 3.28. The van der Waals surface area contributed by atoms with E-state index in [4.69, 9.17) is 32.7 Å². The highest BCUT2D eigenvalue weighted by Crippen LogP contribution is 2.36. The number of amides is 1. The molecule has 0 fully saturated rings. The summed E-state index contributed by atoms with van der Waals surface area (Å²) in [7, 11) is -1.28. The minimum Gasteiger partial charge on any atom is -0.495 e. The molecule has 3 aromatic carbocycles. The number of benzene rings is 3. The van der Waals surface area contributed by atoms with Gasteiger partial charge in [0.25, 0.3) is 0 Å². The SMILES string of the molecule is COc1cc(NC(=O)CN(Cc2ccc(F)cc2)S(=O)(=O)c2ccc(Cl)cc2)c(OC)cc1Cl. The molecule has 3 rings (SSSR count). The van der Waals surface area contributed by atoms with Crippen molar-refractivity contribution in [2.45, 2.75) is 11.4 Å². The summed E-state index contributed by atoms with van der Waals surface area (Å²) < 4.78 is 51.4. The first-order chi connectivity index (χ1) is 16.1. The van der Waals surface area contributed by atoms with Gasteiger partial charge in [-0.2, -0.15) is 4.31 Å². The quantitative estimate of drug-likeness (QED) is 0.425. The molecule has 1 N–H and O–H groups in total. The third kappa shape index (κ3) is 6.18. The van der Waals surface area contributed by atoms with Crippen LogP contribution >= 0.6 is 23.2 Å². The lowest BCUT2D eigenvalue weighted by atomic mass is 10.2. The van der Waals surface area contributed by atoms with Gasteiger partial charge in [-0.3, -0.25) is 4.79 Å². The Morgan fingerprint density at radius 2 is 1.59 bits per heavy atom. The number of halogens is 3. The molecular formula is C23H21Cl2FN2O5S. The fourth-order valence-corrected chi connectivity index (χ4v) is 4.82. The Morgan fingerprint density at radius 1 is 0.971 bits per heavy atom. The van der Waals surface area contributed by atoms with Gasteiger partial charge in [0.1, 0.15) is 17.3 Å². The maximum absolute atomic E-state index is 13.3. The zero-order valence-electron chi connectivity index (χ0n) is 18.2. The molecule has 0 saturated carbocycles. The van der Waals surface area contributed by atoms with Gasteiger partial charge in [-0.15, -0.1) is 0 Å². The number of hydrogen-bond donors (Lipinski definition) is 1. The fourth-order valence-electron chi connectivity index (χ4n) is 3.08. The molecular weight excluding hydrogens is 506 g/mol. The molecule has 0 unspecified atom stereocenters. The van der Waals surface area contributed by atoms with Crippen LogP contribution in [-0.2, 0) is 21.4 Å². The van der Waals surface area contributed by atoms with Gasteiger partial charge in [-0.25, -0.2) is 12.8 Å². The van der Waals surface area contributed by atoms with Gasteiger partial charge in [0, 0.05) is 23.7 Å². The molecule has 0 atom stereocenters. The van der Waals surface area contributed by atoms with E-state index in [0.717, 1.165) is 4.31 Å². The molecule has 0 aromatic heterocycles. The smallest absolute Gasteiger partial charge is 0.243 e. The van der Waals surface area contributed by atoms with Crippen LogP contribution in [0.15, 0.2) is 65.6 Å². The third-order valence-corrected chi connectivity index (χ3v) is 7.14. The monoisotopic (exact) mass is 526 g/mol. The number of methoxy groups -OCH3 is 2. The minimum absolute atomic E-state index is 0.0439. The molecule has 0 spiro atoms. The number of carbonyl (C=O) groups excluding carboxylic acids is 1. The number of ether oxygens (including phenoxy) is 2. The van der Waals surface area contributed by atoms with Crippen molar-refractivity contribution in [3.8, 4) is 11.5 Å². The van der Waals surface area contributed by atoms with Gasteiger partial charge in [0.05, 0.1) is 36.4 Å². The summed E-state index contributed by atoms with van der Waals surface area (Å²) in [5.74, 6) is -0.528. The fraction of sp³-hybridized carbons (Fsp3) is 0.174. The van der Waals surface area contributed by atoms with Crippen LogP contribution in [0, 0.1) is 5.82 Å².